The summed E-state index contributed by atoms with van der Waals surface area (Å²) in [7, 11) is 1.47. The molecule has 0 fully saturated rings. The average molecular weight is 398 g/mol. The van der Waals surface area contributed by atoms with Crippen molar-refractivity contribution in [2.24, 2.45) is 0 Å². The Morgan fingerprint density at radius 3 is 2.52 bits per heavy atom. The Morgan fingerprint density at radius 2 is 1.79 bits per heavy atom. The number of hydrogen-bond acceptors (Lipinski definition) is 6. The SMILES string of the molecule is Cc1ccc(NC(=O)CN(C)C(=O)[C@@H](C)OC(=O)c2ccc3c(c2)OCO3)cc1. The Labute approximate surface area is 168 Å². The lowest BCUT2D eigenvalue weighted by molar-refractivity contribution is -0.140. The van der Waals surface area contributed by atoms with Gasteiger partial charge in [0, 0.05) is 12.7 Å². The fourth-order valence-corrected chi connectivity index (χ4v) is 2.74. The highest BCUT2D eigenvalue weighted by molar-refractivity contribution is 5.96. The molecule has 1 aliphatic heterocycles. The molecule has 2 aromatic rings. The van der Waals surface area contributed by atoms with Crippen molar-refractivity contribution in [2.45, 2.75) is 20.0 Å². The first-order valence-electron chi connectivity index (χ1n) is 9.05. The highest BCUT2D eigenvalue weighted by Crippen LogP contribution is 2.32. The van der Waals surface area contributed by atoms with Crippen LogP contribution in [-0.4, -0.2) is 49.2 Å². The van der Waals surface area contributed by atoms with Crippen molar-refractivity contribution in [3.63, 3.8) is 0 Å². The maximum Gasteiger partial charge on any atom is 0.339 e. The fraction of sp³-hybridized carbons (Fsp3) is 0.286. The molecule has 1 N–H and O–H groups in total. The summed E-state index contributed by atoms with van der Waals surface area (Å²) in [6.45, 7) is 3.34. The second-order valence-electron chi connectivity index (χ2n) is 6.72. The Hall–Kier alpha value is -3.55. The molecule has 152 valence electrons. The molecule has 1 aliphatic rings. The predicted octanol–water partition coefficient (Wildman–Crippen LogP) is 2.37. The minimum Gasteiger partial charge on any atom is -0.454 e. The summed E-state index contributed by atoms with van der Waals surface area (Å²) in [5.41, 5.74) is 1.96. The maximum absolute atomic E-state index is 12.5. The normalized spacial score (nSPS) is 12.8. The van der Waals surface area contributed by atoms with Crippen molar-refractivity contribution in [1.29, 1.82) is 0 Å². The number of rotatable bonds is 6. The van der Waals surface area contributed by atoms with Crippen LogP contribution in [0.5, 0.6) is 11.5 Å². The van der Waals surface area contributed by atoms with Crippen LogP contribution in [0, 0.1) is 6.92 Å². The number of anilines is 1. The minimum atomic E-state index is -1.05. The fourth-order valence-electron chi connectivity index (χ4n) is 2.74. The van der Waals surface area contributed by atoms with Crippen LogP contribution in [-0.2, 0) is 14.3 Å². The number of amides is 2. The van der Waals surface area contributed by atoms with Crippen LogP contribution in [0.4, 0.5) is 5.69 Å². The van der Waals surface area contributed by atoms with E-state index in [2.05, 4.69) is 5.32 Å². The van der Waals surface area contributed by atoms with E-state index >= 15 is 0 Å². The third kappa shape index (κ3) is 5.04. The second kappa shape index (κ2) is 8.64. The summed E-state index contributed by atoms with van der Waals surface area (Å²) in [6, 6.07) is 12.0. The zero-order chi connectivity index (χ0) is 21.0. The lowest BCUT2D eigenvalue weighted by Crippen LogP contribution is -2.41. The average Bonchev–Trinajstić information content (AvgIpc) is 3.16. The Kier molecular flexibility index (Phi) is 6.01. The van der Waals surface area contributed by atoms with E-state index in [4.69, 9.17) is 14.2 Å². The number of ether oxygens (including phenoxy) is 3. The van der Waals surface area contributed by atoms with E-state index in [1.807, 2.05) is 19.1 Å². The molecule has 0 radical (unpaired) electrons. The number of carbonyl (C=O) groups excluding carboxylic acids is 3. The molecular formula is C21H22N2O6. The van der Waals surface area contributed by atoms with Gasteiger partial charge >= 0.3 is 5.97 Å². The van der Waals surface area contributed by atoms with E-state index in [1.54, 1.807) is 18.2 Å². The van der Waals surface area contributed by atoms with Gasteiger partial charge < -0.3 is 24.4 Å². The number of nitrogens with one attached hydrogen (secondary N) is 1. The molecule has 3 rings (SSSR count). The van der Waals surface area contributed by atoms with Crippen molar-refractivity contribution >= 4 is 23.5 Å². The lowest BCUT2D eigenvalue weighted by atomic mass is 10.2. The molecule has 0 saturated heterocycles. The van der Waals surface area contributed by atoms with Gasteiger partial charge in [0.25, 0.3) is 5.91 Å². The van der Waals surface area contributed by atoms with E-state index in [-0.39, 0.29) is 24.8 Å². The van der Waals surface area contributed by atoms with Crippen LogP contribution in [0.25, 0.3) is 0 Å². The second-order valence-corrected chi connectivity index (χ2v) is 6.72. The van der Waals surface area contributed by atoms with Gasteiger partial charge in [-0.1, -0.05) is 17.7 Å². The number of carbonyl (C=O) groups is 3. The van der Waals surface area contributed by atoms with Gasteiger partial charge in [-0.3, -0.25) is 9.59 Å². The number of likely N-dealkylation sites (N-methyl/N-ethyl adjacent to an activating group) is 1. The van der Waals surface area contributed by atoms with Gasteiger partial charge in [-0.15, -0.1) is 0 Å². The molecule has 0 bridgehead atoms. The van der Waals surface area contributed by atoms with Crippen LogP contribution in [0.1, 0.15) is 22.8 Å². The van der Waals surface area contributed by atoms with Crippen molar-refractivity contribution in [3.8, 4) is 11.5 Å². The summed E-state index contributed by atoms with van der Waals surface area (Å²) < 4.78 is 15.7. The summed E-state index contributed by atoms with van der Waals surface area (Å²) in [5.74, 6) is -0.507. The van der Waals surface area contributed by atoms with Gasteiger partial charge in [0.15, 0.2) is 17.6 Å². The molecule has 0 unspecified atom stereocenters. The maximum atomic E-state index is 12.5. The zero-order valence-electron chi connectivity index (χ0n) is 16.4. The lowest BCUT2D eigenvalue weighted by Gasteiger charge is -2.21. The highest BCUT2D eigenvalue weighted by atomic mass is 16.7. The van der Waals surface area contributed by atoms with Crippen LogP contribution < -0.4 is 14.8 Å². The van der Waals surface area contributed by atoms with Gasteiger partial charge in [0.1, 0.15) is 0 Å². The molecule has 2 amide bonds. The smallest absolute Gasteiger partial charge is 0.339 e. The van der Waals surface area contributed by atoms with Crippen molar-refractivity contribution in [3.05, 3.63) is 53.6 Å². The van der Waals surface area contributed by atoms with Crippen LogP contribution in [0.2, 0.25) is 0 Å². The monoisotopic (exact) mass is 398 g/mol. The standard InChI is InChI=1S/C21H22N2O6/c1-13-4-7-16(8-5-13)22-19(24)11-23(3)20(25)14(2)29-21(26)15-6-9-17-18(10-15)28-12-27-17/h4-10,14H,11-12H2,1-3H3,(H,22,24)/t14-/m1/s1. The highest BCUT2D eigenvalue weighted by Gasteiger charge is 2.25. The van der Waals surface area contributed by atoms with Gasteiger partial charge in [-0.05, 0) is 44.2 Å². The third-order valence-corrected chi connectivity index (χ3v) is 4.33. The van der Waals surface area contributed by atoms with Crippen molar-refractivity contribution in [1.82, 2.24) is 4.90 Å². The molecule has 8 heteroatoms. The number of aryl methyl sites for hydroxylation is 1. The number of esters is 1. The van der Waals surface area contributed by atoms with Gasteiger partial charge in [0.05, 0.1) is 12.1 Å². The summed E-state index contributed by atoms with van der Waals surface area (Å²) in [4.78, 5) is 38.1. The number of nitrogens with zero attached hydrogens (tertiary/aromatic N) is 1. The largest absolute Gasteiger partial charge is 0.454 e. The summed E-state index contributed by atoms with van der Waals surface area (Å²) in [6.07, 6.45) is -1.05. The number of fused-ring (bicyclic) bond motifs is 1. The molecule has 1 atom stereocenters. The molecule has 0 saturated carbocycles. The van der Waals surface area contributed by atoms with Gasteiger partial charge in [0.2, 0.25) is 12.7 Å². The molecule has 29 heavy (non-hydrogen) atoms. The summed E-state index contributed by atoms with van der Waals surface area (Å²) in [5, 5.41) is 2.72. The molecule has 8 nitrogen and oxygen atoms in total. The molecule has 1 heterocycles. The predicted molar refractivity (Wildman–Crippen MR) is 105 cm³/mol. The quantitative estimate of drug-likeness (QED) is 0.751. The first-order chi connectivity index (χ1) is 13.8. The number of hydrogen-bond donors (Lipinski definition) is 1. The third-order valence-electron chi connectivity index (χ3n) is 4.33. The molecule has 0 spiro atoms. The van der Waals surface area contributed by atoms with Crippen molar-refractivity contribution in [2.75, 3.05) is 25.7 Å². The summed E-state index contributed by atoms with van der Waals surface area (Å²) >= 11 is 0. The Bertz CT molecular complexity index is 925. The van der Waals surface area contributed by atoms with E-state index in [1.165, 1.54) is 31.0 Å². The van der Waals surface area contributed by atoms with Crippen LogP contribution >= 0.6 is 0 Å². The van der Waals surface area contributed by atoms with E-state index in [9.17, 15) is 14.4 Å². The Morgan fingerprint density at radius 1 is 1.10 bits per heavy atom. The van der Waals surface area contributed by atoms with E-state index in [0.29, 0.717) is 17.2 Å². The number of benzene rings is 2. The van der Waals surface area contributed by atoms with Gasteiger partial charge in [-0.2, -0.15) is 0 Å². The van der Waals surface area contributed by atoms with Gasteiger partial charge in [-0.25, -0.2) is 4.79 Å². The van der Waals surface area contributed by atoms with Crippen LogP contribution in [0.15, 0.2) is 42.5 Å². The first kappa shape index (κ1) is 20.2. The molecular weight excluding hydrogens is 376 g/mol. The van der Waals surface area contributed by atoms with E-state index in [0.717, 1.165) is 5.56 Å². The topological polar surface area (TPSA) is 94.2 Å². The minimum absolute atomic E-state index is 0.0954. The van der Waals surface area contributed by atoms with Crippen LogP contribution in [0.3, 0.4) is 0 Å². The molecule has 0 aromatic heterocycles. The Balaban J connectivity index is 1.52. The van der Waals surface area contributed by atoms with Crippen molar-refractivity contribution < 1.29 is 28.6 Å². The zero-order valence-corrected chi connectivity index (χ0v) is 16.4. The molecule has 0 aliphatic carbocycles. The first-order valence-corrected chi connectivity index (χ1v) is 9.05. The van der Waals surface area contributed by atoms with E-state index < -0.39 is 18.0 Å². The molecule has 2 aromatic carbocycles.